The SMILES string of the molecule is CCCC(F)(CC)CNc1ncc2c(-c3ccc4ncncc4c3)c[nH]c2n1. The van der Waals surface area contributed by atoms with Crippen LogP contribution < -0.4 is 5.32 Å². The van der Waals surface area contributed by atoms with Gasteiger partial charge in [-0.15, -0.1) is 0 Å². The van der Waals surface area contributed by atoms with Gasteiger partial charge in [-0.25, -0.2) is 19.3 Å². The molecule has 0 aliphatic rings. The predicted molar refractivity (Wildman–Crippen MR) is 110 cm³/mol. The molecule has 0 aliphatic heterocycles. The van der Waals surface area contributed by atoms with Gasteiger partial charge in [-0.3, -0.25) is 0 Å². The van der Waals surface area contributed by atoms with Crippen LogP contribution in [0.15, 0.2) is 43.1 Å². The van der Waals surface area contributed by atoms with Crippen LogP contribution >= 0.6 is 0 Å². The average molecular weight is 378 g/mol. The van der Waals surface area contributed by atoms with Crippen molar-refractivity contribution in [3.05, 3.63) is 43.1 Å². The molecule has 0 spiro atoms. The average Bonchev–Trinajstić information content (AvgIpc) is 3.15. The Morgan fingerprint density at radius 1 is 1.18 bits per heavy atom. The van der Waals surface area contributed by atoms with E-state index in [1.54, 1.807) is 18.7 Å². The molecule has 3 heterocycles. The molecule has 0 bridgehead atoms. The van der Waals surface area contributed by atoms with Crippen molar-refractivity contribution in [2.45, 2.75) is 38.8 Å². The number of aromatic amines is 1. The van der Waals surface area contributed by atoms with Gasteiger partial charge in [-0.2, -0.15) is 4.98 Å². The first-order valence-corrected chi connectivity index (χ1v) is 9.59. The fourth-order valence-electron chi connectivity index (χ4n) is 3.46. The highest BCUT2D eigenvalue weighted by Crippen LogP contribution is 2.30. The lowest BCUT2D eigenvalue weighted by Crippen LogP contribution is -2.31. The van der Waals surface area contributed by atoms with Crippen LogP contribution in [0, 0.1) is 0 Å². The van der Waals surface area contributed by atoms with Crippen molar-refractivity contribution in [3.8, 4) is 11.1 Å². The van der Waals surface area contributed by atoms with Crippen molar-refractivity contribution in [3.63, 3.8) is 0 Å². The maximum atomic E-state index is 14.7. The molecule has 7 heteroatoms. The van der Waals surface area contributed by atoms with Gasteiger partial charge in [-0.1, -0.05) is 26.3 Å². The molecule has 1 atom stereocenters. The normalized spacial score (nSPS) is 13.7. The number of H-pyrrole nitrogens is 1. The maximum absolute atomic E-state index is 14.7. The number of anilines is 1. The highest BCUT2D eigenvalue weighted by molar-refractivity contribution is 5.96. The van der Waals surface area contributed by atoms with E-state index in [-0.39, 0.29) is 6.54 Å². The van der Waals surface area contributed by atoms with Crippen LogP contribution in [0.5, 0.6) is 0 Å². The molecule has 1 unspecified atom stereocenters. The van der Waals surface area contributed by atoms with Crippen LogP contribution in [0.2, 0.25) is 0 Å². The summed E-state index contributed by atoms with van der Waals surface area (Å²) in [5, 5.41) is 4.94. The second-order valence-corrected chi connectivity index (χ2v) is 7.06. The number of aromatic nitrogens is 5. The summed E-state index contributed by atoms with van der Waals surface area (Å²) in [5.41, 5.74) is 2.43. The van der Waals surface area contributed by atoms with Crippen LogP contribution in [-0.2, 0) is 0 Å². The Morgan fingerprint density at radius 2 is 2.07 bits per heavy atom. The molecular formula is C21H23FN6. The molecular weight excluding hydrogens is 355 g/mol. The summed E-state index contributed by atoms with van der Waals surface area (Å²) in [6.07, 6.45) is 8.83. The molecule has 3 aromatic heterocycles. The van der Waals surface area contributed by atoms with Crippen molar-refractivity contribution >= 4 is 27.9 Å². The zero-order valence-corrected chi connectivity index (χ0v) is 16.0. The van der Waals surface area contributed by atoms with Crippen LogP contribution in [0.1, 0.15) is 33.1 Å². The third kappa shape index (κ3) is 3.52. The lowest BCUT2D eigenvalue weighted by molar-refractivity contribution is 0.158. The highest BCUT2D eigenvalue weighted by atomic mass is 19.1. The van der Waals surface area contributed by atoms with Crippen molar-refractivity contribution in [1.29, 1.82) is 0 Å². The van der Waals surface area contributed by atoms with Gasteiger partial charge in [0, 0.05) is 34.9 Å². The Balaban J connectivity index is 1.60. The lowest BCUT2D eigenvalue weighted by atomic mass is 9.97. The molecule has 0 saturated carbocycles. The Morgan fingerprint density at radius 3 is 2.89 bits per heavy atom. The Hall–Kier alpha value is -3.09. The molecule has 0 saturated heterocycles. The summed E-state index contributed by atoms with van der Waals surface area (Å²) >= 11 is 0. The monoisotopic (exact) mass is 378 g/mol. The Labute approximate surface area is 162 Å². The minimum Gasteiger partial charge on any atom is -0.351 e. The highest BCUT2D eigenvalue weighted by Gasteiger charge is 2.26. The quantitative estimate of drug-likeness (QED) is 0.478. The topological polar surface area (TPSA) is 79.4 Å². The van der Waals surface area contributed by atoms with Crippen LogP contribution in [-0.4, -0.2) is 37.1 Å². The molecule has 144 valence electrons. The van der Waals surface area contributed by atoms with E-state index in [1.807, 2.05) is 38.2 Å². The van der Waals surface area contributed by atoms with Crippen LogP contribution in [0.3, 0.4) is 0 Å². The fraction of sp³-hybridized carbons (Fsp3) is 0.333. The van der Waals surface area contributed by atoms with Gasteiger partial charge in [0.05, 0.1) is 12.1 Å². The van der Waals surface area contributed by atoms with Gasteiger partial charge < -0.3 is 10.3 Å². The van der Waals surface area contributed by atoms with E-state index in [4.69, 9.17) is 0 Å². The van der Waals surface area contributed by atoms with Crippen LogP contribution in [0.4, 0.5) is 10.3 Å². The summed E-state index contributed by atoms with van der Waals surface area (Å²) in [7, 11) is 0. The van der Waals surface area contributed by atoms with E-state index in [0.717, 1.165) is 33.8 Å². The number of hydrogen-bond acceptors (Lipinski definition) is 5. The number of alkyl halides is 1. The first kappa shape index (κ1) is 18.3. The number of rotatable bonds is 7. The molecule has 0 amide bonds. The van der Waals surface area contributed by atoms with Crippen molar-refractivity contribution in [2.24, 2.45) is 0 Å². The largest absolute Gasteiger partial charge is 0.351 e. The van der Waals surface area contributed by atoms with E-state index in [0.29, 0.717) is 24.4 Å². The van der Waals surface area contributed by atoms with E-state index in [2.05, 4.69) is 30.2 Å². The summed E-state index contributed by atoms with van der Waals surface area (Å²) in [6.45, 7) is 4.07. The standard InChI is InChI=1S/C21H23FN6/c1-3-7-21(22,4-2)12-26-20-25-11-17-16(10-24-19(17)28-20)14-5-6-18-15(8-14)9-23-13-27-18/h5-6,8-11,13H,3-4,7,12H2,1-2H3,(H2,24,25,26,28). The third-order valence-electron chi connectivity index (χ3n) is 5.14. The molecule has 0 radical (unpaired) electrons. The summed E-state index contributed by atoms with van der Waals surface area (Å²) in [5.74, 6) is 0.430. The van der Waals surface area contributed by atoms with E-state index in [1.165, 1.54) is 0 Å². The summed E-state index contributed by atoms with van der Waals surface area (Å²) in [4.78, 5) is 20.4. The summed E-state index contributed by atoms with van der Waals surface area (Å²) < 4.78 is 14.7. The number of nitrogens with zero attached hydrogens (tertiary/aromatic N) is 4. The molecule has 0 aliphatic carbocycles. The van der Waals surface area contributed by atoms with Gasteiger partial charge in [0.15, 0.2) is 0 Å². The number of fused-ring (bicyclic) bond motifs is 2. The van der Waals surface area contributed by atoms with Gasteiger partial charge in [0.25, 0.3) is 0 Å². The molecule has 1 aromatic carbocycles. The number of benzene rings is 1. The van der Waals surface area contributed by atoms with Gasteiger partial charge >= 0.3 is 0 Å². The fourth-order valence-corrected chi connectivity index (χ4v) is 3.46. The predicted octanol–water partition coefficient (Wildman–Crippen LogP) is 4.90. The van der Waals surface area contributed by atoms with Crippen LogP contribution in [0.25, 0.3) is 33.1 Å². The minimum atomic E-state index is -1.23. The summed E-state index contributed by atoms with van der Waals surface area (Å²) in [6, 6.07) is 6.04. The second-order valence-electron chi connectivity index (χ2n) is 7.06. The van der Waals surface area contributed by atoms with Gasteiger partial charge in [-0.05, 0) is 30.5 Å². The van der Waals surface area contributed by atoms with E-state index < -0.39 is 5.67 Å². The molecule has 6 nitrogen and oxygen atoms in total. The molecule has 0 fully saturated rings. The van der Waals surface area contributed by atoms with Gasteiger partial charge in [0.1, 0.15) is 17.6 Å². The van der Waals surface area contributed by atoms with Crippen molar-refractivity contribution < 1.29 is 4.39 Å². The Bertz CT molecular complexity index is 1110. The molecule has 28 heavy (non-hydrogen) atoms. The van der Waals surface area contributed by atoms with Crippen molar-refractivity contribution in [2.75, 3.05) is 11.9 Å². The van der Waals surface area contributed by atoms with E-state index in [9.17, 15) is 4.39 Å². The minimum absolute atomic E-state index is 0.209. The number of nitrogens with one attached hydrogen (secondary N) is 2. The first-order valence-electron chi connectivity index (χ1n) is 9.59. The second kappa shape index (κ2) is 7.50. The van der Waals surface area contributed by atoms with E-state index >= 15 is 0 Å². The molecule has 4 aromatic rings. The number of halogens is 1. The van der Waals surface area contributed by atoms with Crippen molar-refractivity contribution in [1.82, 2.24) is 24.9 Å². The zero-order chi connectivity index (χ0) is 19.6. The zero-order valence-electron chi connectivity index (χ0n) is 16.0. The smallest absolute Gasteiger partial charge is 0.224 e. The third-order valence-corrected chi connectivity index (χ3v) is 5.14. The first-order chi connectivity index (χ1) is 13.6. The number of hydrogen-bond donors (Lipinski definition) is 2. The van der Waals surface area contributed by atoms with Gasteiger partial charge in [0.2, 0.25) is 5.95 Å². The maximum Gasteiger partial charge on any atom is 0.224 e. The molecule has 4 rings (SSSR count). The Kier molecular flexibility index (Phi) is 4.90. The lowest BCUT2D eigenvalue weighted by Gasteiger charge is -2.23. The molecule has 2 N–H and O–H groups in total.